The predicted molar refractivity (Wildman–Crippen MR) is 143 cm³/mol. The average Bonchev–Trinajstić information content (AvgIpc) is 2.77. The summed E-state index contributed by atoms with van der Waals surface area (Å²) in [5.74, 6) is 2.97. The molecule has 4 unspecified atom stereocenters. The first-order valence-corrected chi connectivity index (χ1v) is 14.2. The van der Waals surface area contributed by atoms with Gasteiger partial charge >= 0.3 is 0 Å². The molecule has 0 aromatic heterocycles. The smallest absolute Gasteiger partial charge is 0.00442 e. The van der Waals surface area contributed by atoms with Crippen molar-refractivity contribution in [1.82, 2.24) is 9.80 Å². The van der Waals surface area contributed by atoms with Crippen LogP contribution in [0.2, 0.25) is 0 Å². The van der Waals surface area contributed by atoms with E-state index in [0.717, 1.165) is 23.7 Å². The number of rotatable bonds is 15. The molecule has 0 aromatic rings. The van der Waals surface area contributed by atoms with Crippen LogP contribution in [0, 0.1) is 23.7 Å². The molecular weight excluding hydrogens is 388 g/mol. The van der Waals surface area contributed by atoms with Crippen LogP contribution in [0.25, 0.3) is 0 Å². The average molecular weight is 445 g/mol. The fourth-order valence-corrected chi connectivity index (χ4v) is 6.29. The monoisotopic (exact) mass is 444 g/mol. The molecule has 2 heteroatoms. The van der Waals surface area contributed by atoms with E-state index in [9.17, 15) is 0 Å². The maximum Gasteiger partial charge on any atom is 0.00442 e. The molecule has 0 aliphatic carbocycles. The Morgan fingerprint density at radius 2 is 0.812 bits per heavy atom. The van der Waals surface area contributed by atoms with Gasteiger partial charge in [-0.05, 0) is 63.5 Å². The van der Waals surface area contributed by atoms with Gasteiger partial charge in [-0.25, -0.2) is 0 Å². The van der Waals surface area contributed by atoms with Crippen molar-refractivity contribution in [3.63, 3.8) is 0 Å². The summed E-state index contributed by atoms with van der Waals surface area (Å²) >= 11 is 0. The highest BCUT2D eigenvalue weighted by molar-refractivity contribution is 5.11. The summed E-state index contributed by atoms with van der Waals surface area (Å²) in [6.45, 7) is 18.6. The van der Waals surface area contributed by atoms with Crippen LogP contribution < -0.4 is 0 Å². The number of hydrogen-bond acceptors (Lipinski definition) is 2. The van der Waals surface area contributed by atoms with Crippen molar-refractivity contribution in [2.24, 2.45) is 23.7 Å². The van der Waals surface area contributed by atoms with E-state index in [1.807, 2.05) is 0 Å². The van der Waals surface area contributed by atoms with Gasteiger partial charge in [0.15, 0.2) is 0 Å². The molecule has 0 radical (unpaired) electrons. The van der Waals surface area contributed by atoms with E-state index >= 15 is 0 Å². The van der Waals surface area contributed by atoms with Crippen molar-refractivity contribution in [3.05, 3.63) is 24.3 Å². The standard InChI is InChI=1S/C30H56N2/c1-7-9-17-27-21-31(5)23-29(25(27)3)19-15-13-11-12-14-16-20-30-24-32(6)22-28(26(30)4)18-10-8-2/h27-30H,3-4,7-24H2,1-2,5-6H3. The third kappa shape index (κ3) is 9.34. The summed E-state index contributed by atoms with van der Waals surface area (Å²) in [6.07, 6.45) is 19.2. The maximum atomic E-state index is 4.54. The van der Waals surface area contributed by atoms with Crippen LogP contribution in [-0.4, -0.2) is 50.1 Å². The van der Waals surface area contributed by atoms with Gasteiger partial charge in [0.25, 0.3) is 0 Å². The molecule has 186 valence electrons. The molecular formula is C30H56N2. The van der Waals surface area contributed by atoms with Crippen molar-refractivity contribution in [2.45, 2.75) is 104 Å². The van der Waals surface area contributed by atoms with Crippen molar-refractivity contribution in [3.8, 4) is 0 Å². The lowest BCUT2D eigenvalue weighted by Crippen LogP contribution is -2.39. The number of piperidine rings is 2. The van der Waals surface area contributed by atoms with Gasteiger partial charge in [0.2, 0.25) is 0 Å². The normalized spacial score (nSPS) is 27.9. The predicted octanol–water partition coefficient (Wildman–Crippen LogP) is 7.96. The minimum atomic E-state index is 0.741. The van der Waals surface area contributed by atoms with Crippen molar-refractivity contribution in [1.29, 1.82) is 0 Å². The van der Waals surface area contributed by atoms with Gasteiger partial charge in [-0.15, -0.1) is 0 Å². The van der Waals surface area contributed by atoms with Crippen molar-refractivity contribution >= 4 is 0 Å². The molecule has 2 heterocycles. The summed E-state index contributed by atoms with van der Waals surface area (Å²) in [5, 5.41) is 0. The second-order valence-corrected chi connectivity index (χ2v) is 11.4. The topological polar surface area (TPSA) is 6.48 Å². The minimum absolute atomic E-state index is 0.741. The first kappa shape index (κ1) is 27.6. The Morgan fingerprint density at radius 3 is 1.12 bits per heavy atom. The molecule has 0 amide bonds. The molecule has 0 saturated carbocycles. The lowest BCUT2D eigenvalue weighted by atomic mass is 9.79. The molecule has 32 heavy (non-hydrogen) atoms. The van der Waals surface area contributed by atoms with Gasteiger partial charge in [0.05, 0.1) is 0 Å². The molecule has 2 rings (SSSR count). The Bertz CT molecular complexity index is 491. The Balaban J connectivity index is 1.56. The Labute approximate surface area is 201 Å². The van der Waals surface area contributed by atoms with Crippen LogP contribution >= 0.6 is 0 Å². The number of hydrogen-bond donors (Lipinski definition) is 0. The highest BCUT2D eigenvalue weighted by Gasteiger charge is 2.29. The van der Waals surface area contributed by atoms with Gasteiger partial charge in [-0.1, -0.05) is 102 Å². The molecule has 0 N–H and O–H groups in total. The van der Waals surface area contributed by atoms with Crippen molar-refractivity contribution in [2.75, 3.05) is 40.3 Å². The Morgan fingerprint density at radius 1 is 0.531 bits per heavy atom. The molecule has 2 aliphatic heterocycles. The Kier molecular flexibility index (Phi) is 13.2. The van der Waals surface area contributed by atoms with Gasteiger partial charge in [0.1, 0.15) is 0 Å². The fourth-order valence-electron chi connectivity index (χ4n) is 6.29. The molecule has 2 fully saturated rings. The highest BCUT2D eigenvalue weighted by atomic mass is 15.1. The SMILES string of the molecule is C=C1C(CCCC)CN(C)CC1CCCCCCCCC1CN(C)CC(CCCC)C1=C. The lowest BCUT2D eigenvalue weighted by Gasteiger charge is -2.38. The summed E-state index contributed by atoms with van der Waals surface area (Å²) < 4.78 is 0. The molecule has 4 atom stereocenters. The van der Waals surface area contributed by atoms with Gasteiger partial charge < -0.3 is 9.80 Å². The zero-order valence-electron chi connectivity index (χ0n) is 22.3. The molecule has 0 aromatic carbocycles. The van der Waals surface area contributed by atoms with Crippen LogP contribution in [0.1, 0.15) is 104 Å². The van der Waals surface area contributed by atoms with E-state index in [-0.39, 0.29) is 0 Å². The first-order chi connectivity index (χ1) is 15.5. The zero-order chi connectivity index (χ0) is 23.3. The second kappa shape index (κ2) is 15.3. The van der Waals surface area contributed by atoms with E-state index in [1.165, 1.54) is 116 Å². The van der Waals surface area contributed by atoms with Gasteiger partial charge in [-0.2, -0.15) is 0 Å². The summed E-state index contributed by atoms with van der Waals surface area (Å²) in [5.41, 5.74) is 3.15. The largest absolute Gasteiger partial charge is 0.305 e. The maximum absolute atomic E-state index is 4.54. The molecule has 2 aliphatic rings. The molecule has 2 nitrogen and oxygen atoms in total. The summed E-state index contributed by atoms with van der Waals surface area (Å²) in [7, 11) is 4.62. The van der Waals surface area contributed by atoms with Crippen LogP contribution in [0.5, 0.6) is 0 Å². The number of unbranched alkanes of at least 4 members (excludes halogenated alkanes) is 7. The van der Waals surface area contributed by atoms with E-state index in [0.29, 0.717) is 0 Å². The third-order valence-corrected chi connectivity index (χ3v) is 8.39. The minimum Gasteiger partial charge on any atom is -0.305 e. The van der Waals surface area contributed by atoms with Crippen LogP contribution in [-0.2, 0) is 0 Å². The van der Waals surface area contributed by atoms with Crippen LogP contribution in [0.4, 0.5) is 0 Å². The zero-order valence-corrected chi connectivity index (χ0v) is 22.3. The first-order valence-electron chi connectivity index (χ1n) is 14.2. The van der Waals surface area contributed by atoms with Gasteiger partial charge in [0, 0.05) is 26.2 Å². The number of nitrogens with zero attached hydrogens (tertiary/aromatic N) is 2. The lowest BCUT2D eigenvalue weighted by molar-refractivity contribution is 0.193. The Hall–Kier alpha value is -0.600. The van der Waals surface area contributed by atoms with E-state index in [2.05, 4.69) is 50.9 Å². The van der Waals surface area contributed by atoms with Crippen LogP contribution in [0.15, 0.2) is 24.3 Å². The quantitative estimate of drug-likeness (QED) is 0.187. The van der Waals surface area contributed by atoms with Crippen molar-refractivity contribution < 1.29 is 0 Å². The summed E-state index contributed by atoms with van der Waals surface area (Å²) in [4.78, 5) is 5.12. The summed E-state index contributed by atoms with van der Waals surface area (Å²) in [6, 6.07) is 0. The second-order valence-electron chi connectivity index (χ2n) is 11.4. The van der Waals surface area contributed by atoms with E-state index in [4.69, 9.17) is 0 Å². The third-order valence-electron chi connectivity index (χ3n) is 8.39. The highest BCUT2D eigenvalue weighted by Crippen LogP contribution is 2.34. The fraction of sp³-hybridized carbons (Fsp3) is 0.867. The van der Waals surface area contributed by atoms with Crippen LogP contribution in [0.3, 0.4) is 0 Å². The molecule has 0 bridgehead atoms. The van der Waals surface area contributed by atoms with E-state index < -0.39 is 0 Å². The molecule has 0 spiro atoms. The number of likely N-dealkylation sites (tertiary alicyclic amines) is 2. The van der Waals surface area contributed by atoms with Gasteiger partial charge in [-0.3, -0.25) is 0 Å². The van der Waals surface area contributed by atoms with E-state index in [1.54, 1.807) is 11.1 Å². The molecule has 2 saturated heterocycles.